The van der Waals surface area contributed by atoms with E-state index in [0.29, 0.717) is 17.3 Å². The molecular formula is C13H17ClN2O2. The molecule has 4 nitrogen and oxygen atoms in total. The quantitative estimate of drug-likeness (QED) is 0.904. The highest BCUT2D eigenvalue weighted by Crippen LogP contribution is 2.18. The van der Waals surface area contributed by atoms with Gasteiger partial charge in [0.1, 0.15) is 5.75 Å². The number of nitrogens with zero attached hydrogens (tertiary/aromatic N) is 1. The summed E-state index contributed by atoms with van der Waals surface area (Å²) in [6, 6.07) is 7.14. The summed E-state index contributed by atoms with van der Waals surface area (Å²) in [5.41, 5.74) is 5.64. The number of hydrogen-bond acceptors (Lipinski definition) is 3. The van der Waals surface area contributed by atoms with Crippen LogP contribution in [0.4, 0.5) is 0 Å². The average molecular weight is 269 g/mol. The zero-order valence-corrected chi connectivity index (χ0v) is 10.9. The van der Waals surface area contributed by atoms with Gasteiger partial charge in [-0.15, -0.1) is 0 Å². The molecular weight excluding hydrogens is 252 g/mol. The predicted molar refractivity (Wildman–Crippen MR) is 70.7 cm³/mol. The number of hydrogen-bond donors (Lipinski definition) is 1. The molecule has 0 aromatic heterocycles. The first-order chi connectivity index (χ1) is 8.70. The maximum absolute atomic E-state index is 12.0. The second-order valence-corrected chi connectivity index (χ2v) is 4.80. The van der Waals surface area contributed by atoms with Gasteiger partial charge >= 0.3 is 0 Å². The number of rotatable bonds is 4. The third kappa shape index (κ3) is 3.15. The van der Waals surface area contributed by atoms with Crippen molar-refractivity contribution < 1.29 is 9.53 Å². The van der Waals surface area contributed by atoms with Crippen molar-refractivity contribution in [3.63, 3.8) is 0 Å². The molecule has 1 aromatic carbocycles. The van der Waals surface area contributed by atoms with E-state index in [0.717, 1.165) is 19.4 Å². The number of carbonyl (C=O) groups is 1. The predicted octanol–water partition coefficient (Wildman–Crippen LogP) is 1.67. The van der Waals surface area contributed by atoms with Crippen LogP contribution in [0, 0.1) is 0 Å². The number of likely N-dealkylation sites (tertiary alicyclic amines) is 1. The Morgan fingerprint density at radius 3 is 2.83 bits per heavy atom. The molecule has 0 saturated carbocycles. The van der Waals surface area contributed by atoms with Gasteiger partial charge in [-0.25, -0.2) is 0 Å². The molecule has 0 bridgehead atoms. The van der Waals surface area contributed by atoms with Gasteiger partial charge in [-0.1, -0.05) is 11.6 Å². The van der Waals surface area contributed by atoms with Gasteiger partial charge in [0.05, 0.1) is 0 Å². The van der Waals surface area contributed by atoms with Crippen LogP contribution in [0.1, 0.15) is 12.8 Å². The van der Waals surface area contributed by atoms with Crippen LogP contribution in [0.3, 0.4) is 0 Å². The van der Waals surface area contributed by atoms with Crippen molar-refractivity contribution in [2.24, 2.45) is 5.73 Å². The number of benzene rings is 1. The molecule has 1 fully saturated rings. The fraction of sp³-hybridized carbons (Fsp3) is 0.462. The van der Waals surface area contributed by atoms with E-state index in [9.17, 15) is 4.79 Å². The molecule has 1 saturated heterocycles. The van der Waals surface area contributed by atoms with Crippen molar-refractivity contribution in [3.05, 3.63) is 29.3 Å². The van der Waals surface area contributed by atoms with Crippen molar-refractivity contribution in [1.29, 1.82) is 0 Å². The van der Waals surface area contributed by atoms with Gasteiger partial charge in [0.25, 0.3) is 5.91 Å². The van der Waals surface area contributed by atoms with Crippen molar-refractivity contribution >= 4 is 17.5 Å². The summed E-state index contributed by atoms with van der Waals surface area (Å²) in [6.45, 7) is 1.36. The largest absolute Gasteiger partial charge is 0.484 e. The molecule has 1 unspecified atom stereocenters. The van der Waals surface area contributed by atoms with Gasteiger partial charge in [-0.05, 0) is 37.1 Å². The third-order valence-corrected chi connectivity index (χ3v) is 3.40. The smallest absolute Gasteiger partial charge is 0.260 e. The lowest BCUT2D eigenvalue weighted by Crippen LogP contribution is -2.42. The van der Waals surface area contributed by atoms with Gasteiger partial charge in [-0.2, -0.15) is 0 Å². The zero-order chi connectivity index (χ0) is 13.0. The Labute approximate surface area is 112 Å². The zero-order valence-electron chi connectivity index (χ0n) is 10.1. The van der Waals surface area contributed by atoms with E-state index >= 15 is 0 Å². The first-order valence-electron chi connectivity index (χ1n) is 6.08. The van der Waals surface area contributed by atoms with E-state index in [1.54, 1.807) is 24.3 Å². The molecule has 1 atom stereocenters. The van der Waals surface area contributed by atoms with Crippen molar-refractivity contribution in [2.45, 2.75) is 18.9 Å². The highest BCUT2D eigenvalue weighted by molar-refractivity contribution is 6.30. The first kappa shape index (κ1) is 13.2. The summed E-state index contributed by atoms with van der Waals surface area (Å²) in [6.07, 6.45) is 2.01. The van der Waals surface area contributed by atoms with Gasteiger partial charge in [0.15, 0.2) is 6.61 Å². The van der Waals surface area contributed by atoms with Crippen LogP contribution in [0.5, 0.6) is 5.75 Å². The fourth-order valence-corrected chi connectivity index (χ4v) is 2.29. The molecule has 5 heteroatoms. The Kier molecular flexibility index (Phi) is 4.44. The monoisotopic (exact) mass is 268 g/mol. The number of carbonyl (C=O) groups excluding carboxylic acids is 1. The number of amides is 1. The third-order valence-electron chi connectivity index (χ3n) is 3.15. The van der Waals surface area contributed by atoms with E-state index < -0.39 is 0 Å². The number of halogens is 1. The normalized spacial score (nSPS) is 19.0. The molecule has 0 radical (unpaired) electrons. The van der Waals surface area contributed by atoms with Crippen LogP contribution in [-0.4, -0.2) is 36.5 Å². The van der Waals surface area contributed by atoms with Crippen LogP contribution in [0.15, 0.2) is 24.3 Å². The lowest BCUT2D eigenvalue weighted by Gasteiger charge is -2.23. The molecule has 2 rings (SSSR count). The topological polar surface area (TPSA) is 55.6 Å². The molecule has 98 valence electrons. The van der Waals surface area contributed by atoms with Crippen LogP contribution in [-0.2, 0) is 4.79 Å². The molecule has 1 amide bonds. The van der Waals surface area contributed by atoms with E-state index in [1.165, 1.54) is 0 Å². The Morgan fingerprint density at radius 2 is 2.17 bits per heavy atom. The molecule has 1 heterocycles. The molecule has 1 aliphatic heterocycles. The van der Waals surface area contributed by atoms with Gasteiger partial charge in [0, 0.05) is 24.2 Å². The Bertz CT molecular complexity index is 408. The summed E-state index contributed by atoms with van der Waals surface area (Å²) in [5, 5.41) is 0.649. The van der Waals surface area contributed by atoms with E-state index in [1.807, 2.05) is 4.90 Å². The molecule has 0 aliphatic carbocycles. The maximum atomic E-state index is 12.0. The van der Waals surface area contributed by atoms with Crippen LogP contribution in [0.25, 0.3) is 0 Å². The summed E-state index contributed by atoms with van der Waals surface area (Å²) in [5.74, 6) is 0.647. The number of ether oxygens (including phenoxy) is 1. The Morgan fingerprint density at radius 1 is 1.44 bits per heavy atom. The second kappa shape index (κ2) is 6.07. The van der Waals surface area contributed by atoms with E-state index in [4.69, 9.17) is 22.1 Å². The molecule has 1 aliphatic rings. The standard InChI is InChI=1S/C13H17ClN2O2/c14-10-3-5-12(6-4-10)18-9-13(17)16-7-1-2-11(16)8-15/h3-6,11H,1-2,7-9,15H2. The summed E-state index contributed by atoms with van der Waals surface area (Å²) in [4.78, 5) is 13.8. The van der Waals surface area contributed by atoms with Crippen molar-refractivity contribution in [3.8, 4) is 5.75 Å². The van der Waals surface area contributed by atoms with Gasteiger partial charge in [0.2, 0.25) is 0 Å². The van der Waals surface area contributed by atoms with Gasteiger partial charge < -0.3 is 15.4 Å². The van der Waals surface area contributed by atoms with E-state index in [2.05, 4.69) is 0 Å². The fourth-order valence-electron chi connectivity index (χ4n) is 2.17. The number of nitrogens with two attached hydrogens (primary N) is 1. The summed E-state index contributed by atoms with van der Waals surface area (Å²) < 4.78 is 5.44. The van der Waals surface area contributed by atoms with E-state index in [-0.39, 0.29) is 18.6 Å². The average Bonchev–Trinajstić information content (AvgIpc) is 2.86. The first-order valence-corrected chi connectivity index (χ1v) is 6.46. The minimum atomic E-state index is -0.00194. The summed E-state index contributed by atoms with van der Waals surface area (Å²) >= 11 is 5.77. The molecule has 0 spiro atoms. The highest BCUT2D eigenvalue weighted by atomic mass is 35.5. The molecule has 18 heavy (non-hydrogen) atoms. The van der Waals surface area contributed by atoms with Gasteiger partial charge in [-0.3, -0.25) is 4.79 Å². The van der Waals surface area contributed by atoms with Crippen molar-refractivity contribution in [2.75, 3.05) is 19.7 Å². The SMILES string of the molecule is NCC1CCCN1C(=O)COc1ccc(Cl)cc1. The molecule has 1 aromatic rings. The maximum Gasteiger partial charge on any atom is 0.260 e. The Balaban J connectivity index is 1.86. The summed E-state index contributed by atoms with van der Waals surface area (Å²) in [7, 11) is 0. The Hall–Kier alpha value is -1.26. The molecule has 2 N–H and O–H groups in total. The lowest BCUT2D eigenvalue weighted by atomic mass is 10.2. The van der Waals surface area contributed by atoms with Crippen molar-refractivity contribution in [1.82, 2.24) is 4.90 Å². The highest BCUT2D eigenvalue weighted by Gasteiger charge is 2.27. The second-order valence-electron chi connectivity index (χ2n) is 4.36. The van der Waals surface area contributed by atoms with Crippen LogP contribution in [0.2, 0.25) is 5.02 Å². The van der Waals surface area contributed by atoms with Crippen LogP contribution < -0.4 is 10.5 Å². The minimum absolute atomic E-state index is 0.00194. The van der Waals surface area contributed by atoms with Crippen LogP contribution >= 0.6 is 11.6 Å². The minimum Gasteiger partial charge on any atom is -0.484 e. The lowest BCUT2D eigenvalue weighted by molar-refractivity contribution is -0.134.